The minimum absolute atomic E-state index is 0.0707. The Morgan fingerprint density at radius 1 is 1.15 bits per heavy atom. The van der Waals surface area contributed by atoms with Gasteiger partial charge in [0.25, 0.3) is 5.91 Å². The first-order valence-electron chi connectivity index (χ1n) is 8.57. The van der Waals surface area contributed by atoms with E-state index >= 15 is 0 Å². The maximum atomic E-state index is 12.7. The Labute approximate surface area is 163 Å². The molecule has 1 aromatic heterocycles. The minimum Gasteiger partial charge on any atom is -0.336 e. The van der Waals surface area contributed by atoms with Crippen LogP contribution in [0.15, 0.2) is 46.7 Å². The standard InChI is InChI=1S/C19H21N3O3S2/c1-2-9-20-27(24,25)18-7-5-16(6-8-18)19(23)22-12-10-21(11-13-22)15-17-4-3-14-26-17/h1,3-8,14,20H,9-13,15H2. The summed E-state index contributed by atoms with van der Waals surface area (Å²) in [5.41, 5.74) is 0.484. The van der Waals surface area contributed by atoms with Gasteiger partial charge in [-0.05, 0) is 35.7 Å². The quantitative estimate of drug-likeness (QED) is 0.744. The van der Waals surface area contributed by atoms with Crippen LogP contribution >= 0.6 is 11.3 Å². The second-order valence-electron chi connectivity index (χ2n) is 6.20. The average Bonchev–Trinajstić information content (AvgIpc) is 3.20. The van der Waals surface area contributed by atoms with Gasteiger partial charge in [0, 0.05) is 43.2 Å². The summed E-state index contributed by atoms with van der Waals surface area (Å²) < 4.78 is 26.4. The van der Waals surface area contributed by atoms with Gasteiger partial charge in [-0.25, -0.2) is 8.42 Å². The molecule has 0 unspecified atom stereocenters. The molecule has 27 heavy (non-hydrogen) atoms. The van der Waals surface area contributed by atoms with Crippen molar-refractivity contribution < 1.29 is 13.2 Å². The van der Waals surface area contributed by atoms with E-state index in [1.807, 2.05) is 11.0 Å². The number of amides is 1. The van der Waals surface area contributed by atoms with Crippen molar-refractivity contribution in [3.05, 3.63) is 52.2 Å². The average molecular weight is 404 g/mol. The van der Waals surface area contributed by atoms with E-state index in [1.54, 1.807) is 23.5 Å². The van der Waals surface area contributed by atoms with Crippen LogP contribution in [0.25, 0.3) is 0 Å². The molecule has 2 heterocycles. The van der Waals surface area contributed by atoms with E-state index in [9.17, 15) is 13.2 Å². The summed E-state index contributed by atoms with van der Waals surface area (Å²) in [5.74, 6) is 2.15. The third-order valence-electron chi connectivity index (χ3n) is 4.39. The fraction of sp³-hybridized carbons (Fsp3) is 0.316. The van der Waals surface area contributed by atoms with E-state index < -0.39 is 10.0 Å². The van der Waals surface area contributed by atoms with Crippen LogP contribution in [0.5, 0.6) is 0 Å². The molecule has 0 saturated carbocycles. The van der Waals surface area contributed by atoms with Crippen LogP contribution in [0.4, 0.5) is 0 Å². The molecule has 142 valence electrons. The smallest absolute Gasteiger partial charge is 0.253 e. The van der Waals surface area contributed by atoms with Gasteiger partial charge in [0.15, 0.2) is 0 Å². The lowest BCUT2D eigenvalue weighted by Crippen LogP contribution is -2.48. The monoisotopic (exact) mass is 403 g/mol. The Bertz CT molecular complexity index is 908. The number of nitrogens with zero attached hydrogens (tertiary/aromatic N) is 2. The molecule has 0 bridgehead atoms. The van der Waals surface area contributed by atoms with Crippen molar-refractivity contribution in [2.24, 2.45) is 0 Å². The predicted octanol–water partition coefficient (Wildman–Crippen LogP) is 1.62. The molecule has 1 aliphatic rings. The molecule has 8 heteroatoms. The molecule has 0 aliphatic carbocycles. The zero-order valence-corrected chi connectivity index (χ0v) is 16.4. The van der Waals surface area contributed by atoms with Crippen LogP contribution in [0.3, 0.4) is 0 Å². The van der Waals surface area contributed by atoms with Crippen molar-refractivity contribution in [3.8, 4) is 12.3 Å². The Morgan fingerprint density at radius 2 is 1.85 bits per heavy atom. The predicted molar refractivity (Wildman–Crippen MR) is 106 cm³/mol. The van der Waals surface area contributed by atoms with Gasteiger partial charge in [-0.15, -0.1) is 17.8 Å². The van der Waals surface area contributed by atoms with E-state index in [0.717, 1.165) is 19.6 Å². The molecule has 2 aromatic rings. The number of carbonyl (C=O) groups is 1. The summed E-state index contributed by atoms with van der Waals surface area (Å²) in [6.07, 6.45) is 5.08. The Hall–Kier alpha value is -2.18. The highest BCUT2D eigenvalue weighted by atomic mass is 32.2. The molecule has 3 rings (SSSR count). The second kappa shape index (κ2) is 8.67. The lowest BCUT2D eigenvalue weighted by molar-refractivity contribution is 0.0629. The zero-order chi connectivity index (χ0) is 19.3. The van der Waals surface area contributed by atoms with E-state index in [4.69, 9.17) is 6.42 Å². The topological polar surface area (TPSA) is 69.7 Å². The van der Waals surface area contributed by atoms with Crippen molar-refractivity contribution in [2.45, 2.75) is 11.4 Å². The molecule has 1 saturated heterocycles. The van der Waals surface area contributed by atoms with E-state index in [0.29, 0.717) is 18.7 Å². The first-order chi connectivity index (χ1) is 13.0. The molecule has 1 fully saturated rings. The summed E-state index contributed by atoms with van der Waals surface area (Å²) in [5, 5.41) is 2.07. The molecule has 0 radical (unpaired) electrons. The molecule has 6 nitrogen and oxygen atoms in total. The molecule has 1 aromatic carbocycles. The first kappa shape index (κ1) is 19.6. The maximum Gasteiger partial charge on any atom is 0.253 e. The zero-order valence-electron chi connectivity index (χ0n) is 14.8. The summed E-state index contributed by atoms with van der Waals surface area (Å²) in [6, 6.07) is 10.1. The van der Waals surface area contributed by atoms with E-state index in [2.05, 4.69) is 27.0 Å². The number of rotatable bonds is 6. The van der Waals surface area contributed by atoms with E-state index in [-0.39, 0.29) is 17.3 Å². The van der Waals surface area contributed by atoms with Crippen molar-refractivity contribution in [1.82, 2.24) is 14.5 Å². The molecule has 0 atom stereocenters. The summed E-state index contributed by atoms with van der Waals surface area (Å²) in [4.78, 5) is 18.2. The summed E-state index contributed by atoms with van der Waals surface area (Å²) in [7, 11) is -3.65. The van der Waals surface area contributed by atoms with Crippen LogP contribution in [0.2, 0.25) is 0 Å². The summed E-state index contributed by atoms with van der Waals surface area (Å²) >= 11 is 1.74. The number of thiophene rings is 1. The fourth-order valence-electron chi connectivity index (χ4n) is 2.91. The molecular weight excluding hydrogens is 382 g/mol. The lowest BCUT2D eigenvalue weighted by Gasteiger charge is -2.34. The second-order valence-corrected chi connectivity index (χ2v) is 9.00. The van der Waals surface area contributed by atoms with Crippen molar-refractivity contribution >= 4 is 27.3 Å². The van der Waals surface area contributed by atoms with Gasteiger partial charge in [0.05, 0.1) is 11.4 Å². The Balaban J connectivity index is 1.58. The van der Waals surface area contributed by atoms with Gasteiger partial charge in [-0.2, -0.15) is 4.72 Å². The highest BCUT2D eigenvalue weighted by Crippen LogP contribution is 2.16. The van der Waals surface area contributed by atoms with Crippen molar-refractivity contribution in [1.29, 1.82) is 0 Å². The number of benzene rings is 1. The minimum atomic E-state index is -3.65. The van der Waals surface area contributed by atoms with Gasteiger partial charge in [0.2, 0.25) is 10.0 Å². The third kappa shape index (κ3) is 4.96. The number of hydrogen-bond donors (Lipinski definition) is 1. The number of piperazine rings is 1. The fourth-order valence-corrected chi connectivity index (χ4v) is 4.59. The Kier molecular flexibility index (Phi) is 6.29. The lowest BCUT2D eigenvalue weighted by atomic mass is 10.2. The SMILES string of the molecule is C#CCNS(=O)(=O)c1ccc(C(=O)N2CCN(Cc3cccs3)CC2)cc1. The van der Waals surface area contributed by atoms with Crippen LogP contribution in [-0.2, 0) is 16.6 Å². The van der Waals surface area contributed by atoms with Crippen LogP contribution in [0.1, 0.15) is 15.2 Å². The van der Waals surface area contributed by atoms with E-state index in [1.165, 1.54) is 17.0 Å². The third-order valence-corrected chi connectivity index (χ3v) is 6.67. The largest absolute Gasteiger partial charge is 0.336 e. The van der Waals surface area contributed by atoms with Gasteiger partial charge in [0.1, 0.15) is 0 Å². The number of sulfonamides is 1. The van der Waals surface area contributed by atoms with Gasteiger partial charge < -0.3 is 4.90 Å². The number of terminal acetylenes is 1. The number of hydrogen-bond acceptors (Lipinski definition) is 5. The number of carbonyl (C=O) groups excluding carboxylic acids is 1. The first-order valence-corrected chi connectivity index (χ1v) is 10.9. The highest BCUT2D eigenvalue weighted by molar-refractivity contribution is 7.89. The summed E-state index contributed by atoms with van der Waals surface area (Å²) in [6.45, 7) is 3.82. The highest BCUT2D eigenvalue weighted by Gasteiger charge is 2.23. The molecule has 0 spiro atoms. The van der Waals surface area contributed by atoms with Gasteiger partial charge in [-0.3, -0.25) is 9.69 Å². The van der Waals surface area contributed by atoms with Gasteiger partial charge in [-0.1, -0.05) is 12.0 Å². The normalized spacial score (nSPS) is 15.4. The number of nitrogens with one attached hydrogen (secondary N) is 1. The van der Waals surface area contributed by atoms with Crippen LogP contribution < -0.4 is 4.72 Å². The molecule has 1 aliphatic heterocycles. The molecule has 1 amide bonds. The van der Waals surface area contributed by atoms with Crippen LogP contribution in [-0.4, -0.2) is 56.8 Å². The van der Waals surface area contributed by atoms with Crippen molar-refractivity contribution in [2.75, 3.05) is 32.7 Å². The molecule has 1 N–H and O–H groups in total. The molecular formula is C19H21N3O3S2. The maximum absolute atomic E-state index is 12.7. The van der Waals surface area contributed by atoms with Gasteiger partial charge >= 0.3 is 0 Å². The van der Waals surface area contributed by atoms with Crippen molar-refractivity contribution in [3.63, 3.8) is 0 Å². The Morgan fingerprint density at radius 3 is 2.44 bits per heavy atom. The van der Waals surface area contributed by atoms with Crippen LogP contribution in [0, 0.1) is 12.3 Å².